The smallest absolute Gasteiger partial charge is 0.407 e. The fourth-order valence-corrected chi connectivity index (χ4v) is 2.17. The summed E-state index contributed by atoms with van der Waals surface area (Å²) < 4.78 is 5.18. The number of alkyl carbamates (subject to hydrolysis) is 1. The number of phenols is 1. The van der Waals surface area contributed by atoms with Crippen LogP contribution in [0.4, 0.5) is 4.79 Å². The van der Waals surface area contributed by atoms with Gasteiger partial charge in [0.25, 0.3) is 0 Å². The van der Waals surface area contributed by atoms with E-state index >= 15 is 0 Å². The van der Waals surface area contributed by atoms with Gasteiger partial charge in [-0.3, -0.25) is 0 Å². The zero-order valence-electron chi connectivity index (χ0n) is 12.2. The van der Waals surface area contributed by atoms with Crippen LogP contribution in [0.15, 0.2) is 48.5 Å². The second-order valence-corrected chi connectivity index (χ2v) is 4.97. The Morgan fingerprint density at radius 3 is 2.62 bits per heavy atom. The molecule has 1 amide bonds. The summed E-state index contributed by atoms with van der Waals surface area (Å²) in [6.07, 6.45) is -0.459. The average molecular weight is 285 g/mol. The van der Waals surface area contributed by atoms with Gasteiger partial charge in [0.1, 0.15) is 12.4 Å². The van der Waals surface area contributed by atoms with Crippen molar-refractivity contribution in [2.45, 2.75) is 26.5 Å². The van der Waals surface area contributed by atoms with Gasteiger partial charge in [-0.05, 0) is 42.7 Å². The summed E-state index contributed by atoms with van der Waals surface area (Å²) in [5, 5.41) is 12.2. The van der Waals surface area contributed by atoms with E-state index in [4.69, 9.17) is 4.74 Å². The number of nitrogens with one attached hydrogen (secondary N) is 1. The molecule has 1 atom stereocenters. The molecule has 1 unspecified atom stereocenters. The SMILES string of the molecule is Cc1cc(O)ccc1C(C)NC(=O)OCc1ccccc1. The summed E-state index contributed by atoms with van der Waals surface area (Å²) in [5.74, 6) is 0.218. The highest BCUT2D eigenvalue weighted by Crippen LogP contribution is 2.21. The molecule has 2 N–H and O–H groups in total. The molecule has 0 aliphatic heterocycles. The van der Waals surface area contributed by atoms with E-state index in [9.17, 15) is 9.90 Å². The molecule has 0 radical (unpaired) electrons. The van der Waals surface area contributed by atoms with Crippen LogP contribution >= 0.6 is 0 Å². The molecule has 4 heteroatoms. The van der Waals surface area contributed by atoms with E-state index < -0.39 is 6.09 Å². The van der Waals surface area contributed by atoms with Crippen LogP contribution in [0, 0.1) is 6.92 Å². The highest BCUT2D eigenvalue weighted by molar-refractivity contribution is 5.68. The van der Waals surface area contributed by atoms with Gasteiger partial charge in [0.05, 0.1) is 6.04 Å². The Morgan fingerprint density at radius 1 is 1.24 bits per heavy atom. The molecule has 110 valence electrons. The first-order chi connectivity index (χ1) is 10.1. The highest BCUT2D eigenvalue weighted by atomic mass is 16.5. The van der Waals surface area contributed by atoms with Gasteiger partial charge < -0.3 is 15.2 Å². The molecule has 4 nitrogen and oxygen atoms in total. The molecule has 0 heterocycles. The van der Waals surface area contributed by atoms with E-state index in [0.717, 1.165) is 16.7 Å². The first kappa shape index (κ1) is 14.9. The largest absolute Gasteiger partial charge is 0.508 e. The lowest BCUT2D eigenvalue weighted by molar-refractivity contribution is 0.136. The van der Waals surface area contributed by atoms with Gasteiger partial charge in [-0.2, -0.15) is 0 Å². The Labute approximate surface area is 124 Å². The van der Waals surface area contributed by atoms with Crippen LogP contribution in [-0.4, -0.2) is 11.2 Å². The van der Waals surface area contributed by atoms with Crippen molar-refractivity contribution in [3.05, 3.63) is 65.2 Å². The third-order valence-electron chi connectivity index (χ3n) is 3.27. The van der Waals surface area contributed by atoms with E-state index in [1.54, 1.807) is 18.2 Å². The maximum absolute atomic E-state index is 11.8. The quantitative estimate of drug-likeness (QED) is 0.900. The minimum Gasteiger partial charge on any atom is -0.508 e. The van der Waals surface area contributed by atoms with Gasteiger partial charge in [-0.1, -0.05) is 36.4 Å². The van der Waals surface area contributed by atoms with Gasteiger partial charge in [-0.25, -0.2) is 4.79 Å². The molecular formula is C17H19NO3. The fourth-order valence-electron chi connectivity index (χ4n) is 2.17. The Hall–Kier alpha value is -2.49. The van der Waals surface area contributed by atoms with E-state index in [0.29, 0.717) is 0 Å². The second kappa shape index (κ2) is 6.79. The number of ether oxygens (including phenoxy) is 1. The van der Waals surface area contributed by atoms with Crippen LogP contribution in [-0.2, 0) is 11.3 Å². The Kier molecular flexibility index (Phi) is 4.82. The Morgan fingerprint density at radius 2 is 1.95 bits per heavy atom. The fraction of sp³-hybridized carbons (Fsp3) is 0.235. The average Bonchev–Trinajstić information content (AvgIpc) is 2.46. The van der Waals surface area contributed by atoms with Crippen LogP contribution in [0.2, 0.25) is 0 Å². The van der Waals surface area contributed by atoms with Crippen LogP contribution in [0.25, 0.3) is 0 Å². The maximum atomic E-state index is 11.8. The third kappa shape index (κ3) is 4.24. The van der Waals surface area contributed by atoms with Crippen molar-refractivity contribution in [3.8, 4) is 5.75 Å². The summed E-state index contributed by atoms with van der Waals surface area (Å²) in [6.45, 7) is 4.01. The van der Waals surface area contributed by atoms with Crippen molar-refractivity contribution in [2.75, 3.05) is 0 Å². The van der Waals surface area contributed by atoms with E-state index in [-0.39, 0.29) is 18.4 Å². The van der Waals surface area contributed by atoms with Crippen LogP contribution in [0.5, 0.6) is 5.75 Å². The molecule has 2 aromatic rings. The van der Waals surface area contributed by atoms with E-state index in [2.05, 4.69) is 5.32 Å². The number of phenolic OH excluding ortho intramolecular Hbond substituents is 1. The summed E-state index contributed by atoms with van der Waals surface area (Å²) in [6, 6.07) is 14.4. The number of aryl methyl sites for hydroxylation is 1. The zero-order chi connectivity index (χ0) is 15.2. The van der Waals surface area contributed by atoms with Crippen LogP contribution in [0.1, 0.15) is 29.7 Å². The molecule has 0 aliphatic rings. The lowest BCUT2D eigenvalue weighted by atomic mass is 10.0. The number of rotatable bonds is 4. The Balaban J connectivity index is 1.90. The van der Waals surface area contributed by atoms with E-state index in [1.807, 2.05) is 44.2 Å². The van der Waals surface area contributed by atoms with Gasteiger partial charge in [-0.15, -0.1) is 0 Å². The molecule has 0 aliphatic carbocycles. The summed E-state index contributed by atoms with van der Waals surface area (Å²) in [7, 11) is 0. The number of carbonyl (C=O) groups excluding carboxylic acids is 1. The van der Waals surface area contributed by atoms with Crippen LogP contribution in [0.3, 0.4) is 0 Å². The van der Waals surface area contributed by atoms with Crippen molar-refractivity contribution in [1.29, 1.82) is 0 Å². The summed E-state index contributed by atoms with van der Waals surface area (Å²) >= 11 is 0. The molecule has 2 rings (SSSR count). The number of hydrogen-bond acceptors (Lipinski definition) is 3. The highest BCUT2D eigenvalue weighted by Gasteiger charge is 2.12. The predicted octanol–water partition coefficient (Wildman–Crippen LogP) is 3.69. The number of aromatic hydroxyl groups is 1. The van der Waals surface area contributed by atoms with Crippen molar-refractivity contribution in [1.82, 2.24) is 5.32 Å². The van der Waals surface area contributed by atoms with Crippen molar-refractivity contribution >= 4 is 6.09 Å². The second-order valence-electron chi connectivity index (χ2n) is 4.97. The molecule has 0 saturated heterocycles. The maximum Gasteiger partial charge on any atom is 0.407 e. The molecule has 0 fully saturated rings. The lowest BCUT2D eigenvalue weighted by Crippen LogP contribution is -2.27. The normalized spacial score (nSPS) is 11.7. The number of hydrogen-bond donors (Lipinski definition) is 2. The Bertz CT molecular complexity index is 611. The molecular weight excluding hydrogens is 266 g/mol. The summed E-state index contributed by atoms with van der Waals surface area (Å²) in [5.41, 5.74) is 2.82. The van der Waals surface area contributed by atoms with Gasteiger partial charge in [0.2, 0.25) is 0 Å². The van der Waals surface area contributed by atoms with Crippen molar-refractivity contribution in [2.24, 2.45) is 0 Å². The molecule has 2 aromatic carbocycles. The van der Waals surface area contributed by atoms with Crippen molar-refractivity contribution < 1.29 is 14.6 Å². The summed E-state index contributed by atoms with van der Waals surface area (Å²) in [4.78, 5) is 11.8. The number of benzene rings is 2. The molecule has 0 spiro atoms. The van der Waals surface area contributed by atoms with Gasteiger partial charge in [0, 0.05) is 0 Å². The molecule has 21 heavy (non-hydrogen) atoms. The standard InChI is InChI=1S/C17H19NO3/c1-12-10-15(19)8-9-16(12)13(2)18-17(20)21-11-14-6-4-3-5-7-14/h3-10,13,19H,11H2,1-2H3,(H,18,20). The molecule has 0 saturated carbocycles. The van der Waals surface area contributed by atoms with E-state index in [1.165, 1.54) is 0 Å². The monoisotopic (exact) mass is 285 g/mol. The predicted molar refractivity (Wildman–Crippen MR) is 81.0 cm³/mol. The molecule has 0 bridgehead atoms. The molecule has 0 aromatic heterocycles. The number of amides is 1. The van der Waals surface area contributed by atoms with Crippen LogP contribution < -0.4 is 5.32 Å². The topological polar surface area (TPSA) is 58.6 Å². The number of carbonyl (C=O) groups is 1. The minimum absolute atomic E-state index is 0.186. The van der Waals surface area contributed by atoms with Gasteiger partial charge >= 0.3 is 6.09 Å². The van der Waals surface area contributed by atoms with Crippen molar-refractivity contribution in [3.63, 3.8) is 0 Å². The van der Waals surface area contributed by atoms with Gasteiger partial charge in [0.15, 0.2) is 0 Å². The zero-order valence-corrected chi connectivity index (χ0v) is 12.2. The third-order valence-corrected chi connectivity index (χ3v) is 3.27. The minimum atomic E-state index is -0.459. The lowest BCUT2D eigenvalue weighted by Gasteiger charge is -2.16. The first-order valence-corrected chi connectivity index (χ1v) is 6.83. The first-order valence-electron chi connectivity index (χ1n) is 6.83.